The summed E-state index contributed by atoms with van der Waals surface area (Å²) in [4.78, 5) is 28.9. The zero-order chi connectivity index (χ0) is 22.1. The number of amides is 1. The highest BCUT2D eigenvalue weighted by atomic mass is 35.5. The highest BCUT2D eigenvalue weighted by Gasteiger charge is 2.15. The van der Waals surface area contributed by atoms with E-state index in [2.05, 4.69) is 20.6 Å². The number of hydrogen-bond donors (Lipinski definition) is 1. The Morgan fingerprint density at radius 1 is 1.10 bits per heavy atom. The molecule has 31 heavy (non-hydrogen) atoms. The molecular weight excluding hydrogens is 437 g/mol. The van der Waals surface area contributed by atoms with Crippen molar-refractivity contribution in [2.45, 2.75) is 13.1 Å². The monoisotopic (exact) mass is 448 g/mol. The van der Waals surface area contributed by atoms with Crippen molar-refractivity contribution in [3.8, 4) is 0 Å². The lowest BCUT2D eigenvalue weighted by Crippen LogP contribution is -2.28. The van der Waals surface area contributed by atoms with Gasteiger partial charge in [-0.05, 0) is 35.9 Å². The Morgan fingerprint density at radius 3 is 2.55 bits per heavy atom. The maximum Gasteiger partial charge on any atom is 0.283 e. The van der Waals surface area contributed by atoms with Crippen LogP contribution in [0.3, 0.4) is 0 Å². The minimum Gasteiger partial charge on any atom is -0.324 e. The molecule has 2 aromatic carbocycles. The minimum atomic E-state index is -0.747. The molecule has 0 aliphatic rings. The van der Waals surface area contributed by atoms with Gasteiger partial charge in [0.2, 0.25) is 5.91 Å². The molecule has 0 saturated carbocycles. The fraction of sp³-hybridized carbons (Fsp3) is 0.105. The topological polar surface area (TPSA) is 94.7 Å². The van der Waals surface area contributed by atoms with E-state index in [9.17, 15) is 22.8 Å². The first kappa shape index (κ1) is 20.5. The van der Waals surface area contributed by atoms with Crippen LogP contribution in [0.15, 0.2) is 47.5 Å². The summed E-state index contributed by atoms with van der Waals surface area (Å²) < 4.78 is 42.2. The molecule has 0 unspecified atom stereocenters. The van der Waals surface area contributed by atoms with Gasteiger partial charge in [-0.15, -0.1) is 5.10 Å². The molecule has 0 spiro atoms. The van der Waals surface area contributed by atoms with Gasteiger partial charge in [0.15, 0.2) is 11.2 Å². The number of nitrogens with zero attached hydrogens (tertiary/aromatic N) is 5. The summed E-state index contributed by atoms with van der Waals surface area (Å²) in [7, 11) is 0. The highest BCUT2D eigenvalue weighted by Crippen LogP contribution is 2.19. The molecule has 0 aliphatic carbocycles. The van der Waals surface area contributed by atoms with Gasteiger partial charge in [-0.1, -0.05) is 16.8 Å². The van der Waals surface area contributed by atoms with Gasteiger partial charge in [-0.3, -0.25) is 14.2 Å². The van der Waals surface area contributed by atoms with E-state index in [1.54, 1.807) is 0 Å². The van der Waals surface area contributed by atoms with Crippen molar-refractivity contribution in [2.75, 3.05) is 5.32 Å². The van der Waals surface area contributed by atoms with Crippen molar-refractivity contribution in [3.05, 3.63) is 81.1 Å². The molecule has 2 heterocycles. The Morgan fingerprint density at radius 2 is 1.84 bits per heavy atom. The average molecular weight is 449 g/mol. The summed E-state index contributed by atoms with van der Waals surface area (Å²) in [6.07, 6.45) is 1.13. The summed E-state index contributed by atoms with van der Waals surface area (Å²) in [5.74, 6) is -2.70. The van der Waals surface area contributed by atoms with Gasteiger partial charge in [0.05, 0.1) is 11.6 Å². The number of carbonyl (C=O) groups is 1. The number of nitrogens with one attached hydrogen (secondary N) is 1. The lowest BCUT2D eigenvalue weighted by Gasteiger charge is -2.08. The molecule has 0 fully saturated rings. The van der Waals surface area contributed by atoms with Crippen LogP contribution in [-0.2, 0) is 17.9 Å². The molecule has 8 nitrogen and oxygen atoms in total. The van der Waals surface area contributed by atoms with Gasteiger partial charge in [0.1, 0.15) is 30.3 Å². The Bertz CT molecular complexity index is 1350. The van der Waals surface area contributed by atoms with E-state index in [1.165, 1.54) is 16.8 Å². The second kappa shape index (κ2) is 8.19. The molecular formula is C19H12ClF3N6O2. The van der Waals surface area contributed by atoms with Crippen molar-refractivity contribution >= 4 is 34.4 Å². The van der Waals surface area contributed by atoms with E-state index in [4.69, 9.17) is 11.6 Å². The second-order valence-corrected chi connectivity index (χ2v) is 6.96. The van der Waals surface area contributed by atoms with Crippen molar-refractivity contribution in [2.24, 2.45) is 0 Å². The summed E-state index contributed by atoms with van der Waals surface area (Å²) in [6, 6.07) is 6.66. The maximum atomic E-state index is 13.4. The van der Waals surface area contributed by atoms with Crippen LogP contribution in [0.5, 0.6) is 0 Å². The molecule has 2 aromatic heterocycles. The van der Waals surface area contributed by atoms with Crippen LogP contribution < -0.4 is 10.9 Å². The van der Waals surface area contributed by atoms with Crippen LogP contribution in [-0.4, -0.2) is 30.5 Å². The number of rotatable bonds is 5. The molecule has 4 aromatic rings. The summed E-state index contributed by atoms with van der Waals surface area (Å²) in [5, 5.41) is 9.92. The third-order valence-electron chi connectivity index (χ3n) is 4.26. The van der Waals surface area contributed by atoms with E-state index in [0.29, 0.717) is 0 Å². The van der Waals surface area contributed by atoms with Gasteiger partial charge < -0.3 is 5.32 Å². The first-order chi connectivity index (χ1) is 14.8. The third-order valence-corrected chi connectivity index (χ3v) is 4.55. The first-order valence-electron chi connectivity index (χ1n) is 8.78. The van der Waals surface area contributed by atoms with Gasteiger partial charge in [0, 0.05) is 11.8 Å². The van der Waals surface area contributed by atoms with Gasteiger partial charge in [-0.25, -0.2) is 22.8 Å². The zero-order valence-corrected chi connectivity index (χ0v) is 16.3. The van der Waals surface area contributed by atoms with Crippen LogP contribution in [0, 0.1) is 17.5 Å². The van der Waals surface area contributed by atoms with Gasteiger partial charge >= 0.3 is 0 Å². The number of anilines is 1. The lowest BCUT2D eigenvalue weighted by molar-refractivity contribution is -0.116. The predicted molar refractivity (Wildman–Crippen MR) is 105 cm³/mol. The summed E-state index contributed by atoms with van der Waals surface area (Å²) in [6.45, 7) is -0.452. The number of fused-ring (bicyclic) bond motifs is 1. The van der Waals surface area contributed by atoms with Crippen LogP contribution in [0.1, 0.15) is 5.56 Å². The fourth-order valence-electron chi connectivity index (χ4n) is 2.91. The van der Waals surface area contributed by atoms with Crippen LogP contribution in [0.2, 0.25) is 5.02 Å². The fourth-order valence-corrected chi connectivity index (χ4v) is 3.09. The van der Waals surface area contributed by atoms with Crippen LogP contribution in [0.4, 0.5) is 18.9 Å². The number of carbonyl (C=O) groups excluding carboxylic acids is 1. The van der Waals surface area contributed by atoms with Crippen molar-refractivity contribution in [1.29, 1.82) is 0 Å². The standard InChI is InChI=1S/C19H12ClF3N6O2/c20-14-6-13(1-2-15(14)23)25-16(30)8-28-9-24-18-17(19(28)31)26-27-29(18)7-10-3-11(21)5-12(22)4-10/h1-6,9H,7-8H2,(H,25,30). The van der Waals surface area contributed by atoms with Gasteiger partial charge in [-0.2, -0.15) is 0 Å². The third kappa shape index (κ3) is 4.40. The molecule has 0 radical (unpaired) electrons. The van der Waals surface area contributed by atoms with E-state index >= 15 is 0 Å². The van der Waals surface area contributed by atoms with E-state index in [-0.39, 0.29) is 34.0 Å². The molecule has 1 N–H and O–H groups in total. The van der Waals surface area contributed by atoms with E-state index in [0.717, 1.165) is 35.2 Å². The normalized spacial score (nSPS) is 11.1. The predicted octanol–water partition coefficient (Wildman–Crippen LogP) is 2.75. The van der Waals surface area contributed by atoms with Crippen LogP contribution >= 0.6 is 11.6 Å². The SMILES string of the molecule is O=C(Cn1cnc2c(nnn2Cc2cc(F)cc(F)c2)c1=O)Nc1ccc(F)c(Cl)c1. The van der Waals surface area contributed by atoms with E-state index in [1.807, 2.05) is 0 Å². The molecule has 4 rings (SSSR count). The Labute approximate surface area is 176 Å². The molecule has 12 heteroatoms. The lowest BCUT2D eigenvalue weighted by atomic mass is 10.2. The van der Waals surface area contributed by atoms with Gasteiger partial charge in [0.25, 0.3) is 5.56 Å². The quantitative estimate of drug-likeness (QED) is 0.506. The van der Waals surface area contributed by atoms with E-state index < -0.39 is 35.5 Å². The molecule has 158 valence electrons. The molecule has 0 atom stereocenters. The highest BCUT2D eigenvalue weighted by molar-refractivity contribution is 6.31. The molecule has 0 saturated heterocycles. The smallest absolute Gasteiger partial charge is 0.283 e. The number of aromatic nitrogens is 5. The Balaban J connectivity index is 1.55. The Hall–Kier alpha value is -3.73. The maximum absolute atomic E-state index is 13.4. The first-order valence-corrected chi connectivity index (χ1v) is 9.16. The summed E-state index contributed by atoms with van der Waals surface area (Å²) >= 11 is 5.68. The molecule has 0 bridgehead atoms. The molecule has 1 amide bonds. The zero-order valence-electron chi connectivity index (χ0n) is 15.5. The largest absolute Gasteiger partial charge is 0.324 e. The van der Waals surface area contributed by atoms with Crippen molar-refractivity contribution in [1.82, 2.24) is 24.5 Å². The van der Waals surface area contributed by atoms with Crippen molar-refractivity contribution < 1.29 is 18.0 Å². The van der Waals surface area contributed by atoms with Crippen molar-refractivity contribution in [3.63, 3.8) is 0 Å². The minimum absolute atomic E-state index is 0.0621. The number of hydrogen-bond acceptors (Lipinski definition) is 5. The average Bonchev–Trinajstić information content (AvgIpc) is 3.09. The number of halogens is 4. The number of benzene rings is 2. The molecule has 0 aliphatic heterocycles. The second-order valence-electron chi connectivity index (χ2n) is 6.55. The summed E-state index contributed by atoms with van der Waals surface area (Å²) in [5.41, 5.74) is -0.123. The van der Waals surface area contributed by atoms with Crippen LogP contribution in [0.25, 0.3) is 11.2 Å². The Kier molecular flexibility index (Phi) is 5.42.